The molecule has 3 nitrogen and oxygen atoms in total. The van der Waals surface area contributed by atoms with E-state index in [-0.39, 0.29) is 5.78 Å². The highest BCUT2D eigenvalue weighted by Crippen LogP contribution is 2.14. The summed E-state index contributed by atoms with van der Waals surface area (Å²) in [6, 6.07) is 7.21. The highest BCUT2D eigenvalue weighted by atomic mass is 32.1. The lowest BCUT2D eigenvalue weighted by Gasteiger charge is -2.25. The quantitative estimate of drug-likeness (QED) is 0.730. The number of carbonyl (C=O) groups excluding carboxylic acids is 1. The Kier molecular flexibility index (Phi) is 5.59. The maximum atomic E-state index is 12.8. The van der Waals surface area contributed by atoms with Gasteiger partial charge in [0.1, 0.15) is 11.5 Å². The van der Waals surface area contributed by atoms with Gasteiger partial charge < -0.3 is 0 Å². The average Bonchev–Trinajstić information content (AvgIpc) is 2.96. The van der Waals surface area contributed by atoms with E-state index in [1.807, 2.05) is 6.07 Å². The van der Waals surface area contributed by atoms with Crippen LogP contribution in [0.25, 0.3) is 0 Å². The molecule has 0 aliphatic rings. The average molecular weight is 306 g/mol. The number of hydrogen-bond acceptors (Lipinski definition) is 4. The van der Waals surface area contributed by atoms with Crippen molar-refractivity contribution in [2.24, 2.45) is 0 Å². The number of thiophene rings is 1. The third-order valence-electron chi connectivity index (χ3n) is 3.31. The second-order valence-corrected chi connectivity index (χ2v) is 6.21. The molecule has 2 aromatic heterocycles. The summed E-state index contributed by atoms with van der Waals surface area (Å²) in [4.78, 5) is 19.5. The molecule has 2 heterocycles. The Hall–Kier alpha value is -1.59. The molecule has 0 atom stereocenters. The van der Waals surface area contributed by atoms with Crippen molar-refractivity contribution in [3.63, 3.8) is 0 Å². The Labute approximate surface area is 128 Å². The third-order valence-corrected chi connectivity index (χ3v) is 4.17. The summed E-state index contributed by atoms with van der Waals surface area (Å²) in [6.45, 7) is 5.76. The van der Waals surface area contributed by atoms with Crippen molar-refractivity contribution < 1.29 is 9.18 Å². The summed E-state index contributed by atoms with van der Waals surface area (Å²) in [5.74, 6) is -0.472. The SMILES string of the molecule is CC(C)N(CCC(=O)c1ccc(F)cn1)Cc1cccs1. The van der Waals surface area contributed by atoms with Gasteiger partial charge in [0.15, 0.2) is 5.78 Å². The van der Waals surface area contributed by atoms with Gasteiger partial charge in [-0.2, -0.15) is 0 Å². The molecule has 112 valence electrons. The van der Waals surface area contributed by atoms with Gasteiger partial charge in [0.25, 0.3) is 0 Å². The number of ketones is 1. The van der Waals surface area contributed by atoms with Gasteiger partial charge in [0.05, 0.1) is 6.20 Å². The van der Waals surface area contributed by atoms with E-state index in [0.717, 1.165) is 12.7 Å². The van der Waals surface area contributed by atoms with Crippen LogP contribution in [-0.4, -0.2) is 28.3 Å². The summed E-state index contributed by atoms with van der Waals surface area (Å²) in [6.07, 6.45) is 1.47. The first-order valence-electron chi connectivity index (χ1n) is 6.97. The summed E-state index contributed by atoms with van der Waals surface area (Å²) in [5, 5.41) is 2.06. The van der Waals surface area contributed by atoms with Gasteiger partial charge in [-0.1, -0.05) is 6.07 Å². The fourth-order valence-electron chi connectivity index (χ4n) is 2.04. The number of pyridine rings is 1. The number of hydrogen-bond donors (Lipinski definition) is 0. The first kappa shape index (κ1) is 15.8. The monoisotopic (exact) mass is 306 g/mol. The Morgan fingerprint density at radius 1 is 1.38 bits per heavy atom. The minimum Gasteiger partial charge on any atom is -0.295 e. The summed E-state index contributed by atoms with van der Waals surface area (Å²) >= 11 is 1.72. The molecular weight excluding hydrogens is 287 g/mol. The van der Waals surface area contributed by atoms with Gasteiger partial charge in [-0.25, -0.2) is 4.39 Å². The molecule has 0 aromatic carbocycles. The zero-order valence-electron chi connectivity index (χ0n) is 12.3. The minimum atomic E-state index is -0.423. The van der Waals surface area contributed by atoms with E-state index in [1.165, 1.54) is 17.0 Å². The standard InChI is InChI=1S/C16H19FN2OS/c1-12(2)19(11-14-4-3-9-21-14)8-7-16(20)15-6-5-13(17)10-18-15/h3-6,9-10,12H,7-8,11H2,1-2H3. The maximum absolute atomic E-state index is 12.8. The van der Waals surface area contributed by atoms with Gasteiger partial charge in [-0.15, -0.1) is 11.3 Å². The number of carbonyl (C=O) groups is 1. The molecule has 0 unspecified atom stereocenters. The highest BCUT2D eigenvalue weighted by molar-refractivity contribution is 7.09. The minimum absolute atomic E-state index is 0.0492. The van der Waals surface area contributed by atoms with Crippen LogP contribution < -0.4 is 0 Å². The molecule has 5 heteroatoms. The smallest absolute Gasteiger partial charge is 0.182 e. The number of aromatic nitrogens is 1. The predicted molar refractivity (Wildman–Crippen MR) is 83.0 cm³/mol. The first-order chi connectivity index (χ1) is 10.1. The van der Waals surface area contributed by atoms with Crippen molar-refractivity contribution in [3.8, 4) is 0 Å². The molecule has 0 radical (unpaired) electrons. The van der Waals surface area contributed by atoms with Crippen LogP contribution in [0.15, 0.2) is 35.8 Å². The van der Waals surface area contributed by atoms with Crippen LogP contribution in [0.2, 0.25) is 0 Å². The van der Waals surface area contributed by atoms with Gasteiger partial charge >= 0.3 is 0 Å². The molecule has 21 heavy (non-hydrogen) atoms. The van der Waals surface area contributed by atoms with E-state index in [0.29, 0.717) is 24.7 Å². The number of Topliss-reactive ketones (excluding diaryl/α,β-unsaturated/α-hetero) is 1. The van der Waals surface area contributed by atoms with Gasteiger partial charge in [-0.3, -0.25) is 14.7 Å². The fourth-order valence-corrected chi connectivity index (χ4v) is 2.77. The van der Waals surface area contributed by atoms with E-state index in [2.05, 4.69) is 35.2 Å². The zero-order chi connectivity index (χ0) is 15.2. The summed E-state index contributed by atoms with van der Waals surface area (Å²) in [7, 11) is 0. The van der Waals surface area contributed by atoms with Crippen LogP contribution in [0.1, 0.15) is 35.6 Å². The Morgan fingerprint density at radius 3 is 2.76 bits per heavy atom. The van der Waals surface area contributed by atoms with Gasteiger partial charge in [-0.05, 0) is 37.4 Å². The third kappa shape index (κ3) is 4.72. The van der Waals surface area contributed by atoms with Crippen LogP contribution >= 0.6 is 11.3 Å². The second kappa shape index (κ2) is 7.43. The van der Waals surface area contributed by atoms with E-state index in [9.17, 15) is 9.18 Å². The van der Waals surface area contributed by atoms with Crippen LogP contribution in [0.5, 0.6) is 0 Å². The molecule has 0 spiro atoms. The zero-order valence-corrected chi connectivity index (χ0v) is 13.1. The van der Waals surface area contributed by atoms with Gasteiger partial charge in [0, 0.05) is 30.4 Å². The topological polar surface area (TPSA) is 33.2 Å². The van der Waals surface area contributed by atoms with Crippen molar-refractivity contribution in [2.75, 3.05) is 6.54 Å². The normalized spacial score (nSPS) is 11.3. The Bertz CT molecular complexity index is 566. The van der Waals surface area contributed by atoms with Crippen LogP contribution in [-0.2, 0) is 6.54 Å². The predicted octanol–water partition coefficient (Wildman–Crippen LogP) is 3.77. The molecule has 0 bridgehead atoms. The van der Waals surface area contributed by atoms with E-state index < -0.39 is 5.82 Å². The molecule has 0 aliphatic carbocycles. The molecule has 0 aliphatic heterocycles. The lowest BCUT2D eigenvalue weighted by Crippen LogP contribution is -2.32. The highest BCUT2D eigenvalue weighted by Gasteiger charge is 2.14. The lowest BCUT2D eigenvalue weighted by molar-refractivity contribution is 0.0948. The molecule has 0 fully saturated rings. The van der Waals surface area contributed by atoms with E-state index in [4.69, 9.17) is 0 Å². The van der Waals surface area contributed by atoms with E-state index in [1.54, 1.807) is 11.3 Å². The molecule has 0 saturated heterocycles. The summed E-state index contributed by atoms with van der Waals surface area (Å²) < 4.78 is 12.8. The number of rotatable bonds is 7. The number of nitrogens with zero attached hydrogens (tertiary/aromatic N) is 2. The Balaban J connectivity index is 1.92. The van der Waals surface area contributed by atoms with Crippen molar-refractivity contribution in [1.29, 1.82) is 0 Å². The number of halogens is 1. The Morgan fingerprint density at radius 2 is 2.19 bits per heavy atom. The van der Waals surface area contributed by atoms with Crippen LogP contribution in [0.4, 0.5) is 4.39 Å². The fraction of sp³-hybridized carbons (Fsp3) is 0.375. The van der Waals surface area contributed by atoms with Crippen molar-refractivity contribution in [3.05, 3.63) is 52.2 Å². The van der Waals surface area contributed by atoms with Crippen molar-refractivity contribution in [2.45, 2.75) is 32.9 Å². The molecule has 2 aromatic rings. The molecule has 0 saturated carbocycles. The maximum Gasteiger partial charge on any atom is 0.182 e. The van der Waals surface area contributed by atoms with Crippen molar-refractivity contribution >= 4 is 17.1 Å². The lowest BCUT2D eigenvalue weighted by atomic mass is 10.1. The second-order valence-electron chi connectivity index (χ2n) is 5.18. The molecular formula is C16H19FN2OS. The van der Waals surface area contributed by atoms with Gasteiger partial charge in [0.2, 0.25) is 0 Å². The molecule has 2 rings (SSSR count). The molecule has 0 amide bonds. The van der Waals surface area contributed by atoms with E-state index >= 15 is 0 Å². The van der Waals surface area contributed by atoms with Crippen LogP contribution in [0, 0.1) is 5.82 Å². The van der Waals surface area contributed by atoms with Crippen molar-refractivity contribution in [1.82, 2.24) is 9.88 Å². The molecule has 0 N–H and O–H groups in total. The van der Waals surface area contributed by atoms with Crippen LogP contribution in [0.3, 0.4) is 0 Å². The largest absolute Gasteiger partial charge is 0.295 e. The first-order valence-corrected chi connectivity index (χ1v) is 7.85. The summed E-state index contributed by atoms with van der Waals surface area (Å²) in [5.41, 5.74) is 0.330.